The fraction of sp³-hybridized carbons (Fsp3) is 0.188. The van der Waals surface area contributed by atoms with E-state index in [1.807, 2.05) is 0 Å². The highest BCUT2D eigenvalue weighted by Crippen LogP contribution is 2.30. The number of carbonyl (C=O) groups excluding carboxylic acids is 1. The molecule has 25 heavy (non-hydrogen) atoms. The molecular formula is C16H16Cl2N2O3S2. The Morgan fingerprint density at radius 2 is 1.88 bits per heavy atom. The number of anilines is 1. The summed E-state index contributed by atoms with van der Waals surface area (Å²) in [5.74, 6) is -0.167. The maximum Gasteiger partial charge on any atom is 0.240 e. The minimum atomic E-state index is -3.59. The van der Waals surface area contributed by atoms with Crippen molar-refractivity contribution in [1.82, 2.24) is 4.72 Å². The summed E-state index contributed by atoms with van der Waals surface area (Å²) in [5, 5.41) is 3.73. The van der Waals surface area contributed by atoms with Crippen molar-refractivity contribution in [3.05, 3.63) is 52.0 Å². The Hall–Kier alpha value is -1.25. The number of aryl methyl sites for hydroxylation is 1. The molecular weight excluding hydrogens is 403 g/mol. The predicted molar refractivity (Wildman–Crippen MR) is 103 cm³/mol. The van der Waals surface area contributed by atoms with Crippen LogP contribution in [-0.4, -0.2) is 27.1 Å². The van der Waals surface area contributed by atoms with E-state index in [2.05, 4.69) is 10.0 Å². The van der Waals surface area contributed by atoms with Crippen LogP contribution in [0.5, 0.6) is 0 Å². The Morgan fingerprint density at radius 1 is 1.16 bits per heavy atom. The van der Waals surface area contributed by atoms with Crippen LogP contribution in [0.2, 0.25) is 10.0 Å². The van der Waals surface area contributed by atoms with E-state index < -0.39 is 10.0 Å². The van der Waals surface area contributed by atoms with Crippen molar-refractivity contribution in [2.24, 2.45) is 0 Å². The zero-order chi connectivity index (χ0) is 18.6. The van der Waals surface area contributed by atoms with E-state index >= 15 is 0 Å². The van der Waals surface area contributed by atoms with Crippen LogP contribution in [0.25, 0.3) is 0 Å². The van der Waals surface area contributed by atoms with Crippen molar-refractivity contribution >= 4 is 56.6 Å². The summed E-state index contributed by atoms with van der Waals surface area (Å²) in [7, 11) is -2.25. The fourth-order valence-electron chi connectivity index (χ4n) is 2.01. The van der Waals surface area contributed by atoms with Gasteiger partial charge in [0.2, 0.25) is 15.9 Å². The Balaban J connectivity index is 2.08. The highest BCUT2D eigenvalue weighted by molar-refractivity contribution is 8.00. The van der Waals surface area contributed by atoms with E-state index in [9.17, 15) is 13.2 Å². The Labute approximate surface area is 161 Å². The molecule has 9 heteroatoms. The number of benzene rings is 2. The maximum absolute atomic E-state index is 12.1. The average molecular weight is 419 g/mol. The molecule has 2 N–H and O–H groups in total. The van der Waals surface area contributed by atoms with Gasteiger partial charge in [-0.3, -0.25) is 4.79 Å². The van der Waals surface area contributed by atoms with Gasteiger partial charge in [-0.15, -0.1) is 11.8 Å². The number of thioether (sulfide) groups is 1. The third-order valence-electron chi connectivity index (χ3n) is 3.28. The molecule has 0 bridgehead atoms. The number of sulfonamides is 1. The van der Waals surface area contributed by atoms with Crippen LogP contribution in [0.3, 0.4) is 0 Å². The molecule has 0 heterocycles. The van der Waals surface area contributed by atoms with Crippen LogP contribution in [0.15, 0.2) is 46.2 Å². The van der Waals surface area contributed by atoms with Gasteiger partial charge in [0.15, 0.2) is 0 Å². The number of rotatable bonds is 6. The monoisotopic (exact) mass is 418 g/mol. The second-order valence-corrected chi connectivity index (χ2v) is 8.82. The molecule has 5 nitrogen and oxygen atoms in total. The van der Waals surface area contributed by atoms with Gasteiger partial charge < -0.3 is 5.32 Å². The normalized spacial score (nSPS) is 11.4. The second kappa shape index (κ2) is 8.42. The summed E-state index contributed by atoms with van der Waals surface area (Å²) >= 11 is 13.2. The minimum absolute atomic E-state index is 0.113. The average Bonchev–Trinajstić information content (AvgIpc) is 2.57. The fourth-order valence-corrected chi connectivity index (χ4v) is 4.29. The van der Waals surface area contributed by atoms with Crippen molar-refractivity contribution in [3.8, 4) is 0 Å². The van der Waals surface area contributed by atoms with Crippen molar-refractivity contribution in [2.75, 3.05) is 18.1 Å². The standard InChI is InChI=1S/C16H16Cl2N2O3S2/c1-10-3-5-12(8-15(10)25(22,23)19-2)20-16(21)9-24-14-7-11(17)4-6-13(14)18/h3-8,19H,9H2,1-2H3,(H,20,21). The topological polar surface area (TPSA) is 75.3 Å². The third kappa shape index (κ3) is 5.36. The summed E-state index contributed by atoms with van der Waals surface area (Å²) in [6.45, 7) is 1.69. The molecule has 0 aliphatic heterocycles. The number of carbonyl (C=O) groups is 1. The molecule has 0 spiro atoms. The smallest absolute Gasteiger partial charge is 0.240 e. The number of hydrogen-bond donors (Lipinski definition) is 2. The lowest BCUT2D eigenvalue weighted by Crippen LogP contribution is -2.20. The summed E-state index contributed by atoms with van der Waals surface area (Å²) in [6, 6.07) is 9.74. The van der Waals surface area contributed by atoms with E-state index in [0.717, 1.165) is 0 Å². The number of halogens is 2. The molecule has 0 saturated heterocycles. The molecule has 0 radical (unpaired) electrons. The number of nitrogens with one attached hydrogen (secondary N) is 2. The van der Waals surface area contributed by atoms with Gasteiger partial charge in [0.25, 0.3) is 0 Å². The molecule has 0 atom stereocenters. The van der Waals surface area contributed by atoms with Gasteiger partial charge in [0.1, 0.15) is 0 Å². The molecule has 0 fully saturated rings. The van der Waals surface area contributed by atoms with Crippen LogP contribution in [-0.2, 0) is 14.8 Å². The van der Waals surface area contributed by atoms with E-state index in [1.165, 1.54) is 24.9 Å². The lowest BCUT2D eigenvalue weighted by atomic mass is 10.2. The van der Waals surface area contributed by atoms with Gasteiger partial charge in [0, 0.05) is 15.6 Å². The molecule has 2 rings (SSSR count). The van der Waals surface area contributed by atoms with Crippen molar-refractivity contribution in [2.45, 2.75) is 16.7 Å². The first-order chi connectivity index (χ1) is 11.7. The third-order valence-corrected chi connectivity index (χ3v) is 6.57. The maximum atomic E-state index is 12.1. The van der Waals surface area contributed by atoms with Gasteiger partial charge in [-0.1, -0.05) is 29.3 Å². The summed E-state index contributed by atoms with van der Waals surface area (Å²) in [6.07, 6.45) is 0. The molecule has 1 amide bonds. The zero-order valence-electron chi connectivity index (χ0n) is 13.5. The predicted octanol–water partition coefficient (Wildman–Crippen LogP) is 3.94. The molecule has 2 aromatic carbocycles. The highest BCUT2D eigenvalue weighted by atomic mass is 35.5. The first kappa shape index (κ1) is 20.1. The van der Waals surface area contributed by atoms with E-state index in [-0.39, 0.29) is 16.6 Å². The molecule has 0 unspecified atom stereocenters. The quantitative estimate of drug-likeness (QED) is 0.696. The van der Waals surface area contributed by atoms with Crippen LogP contribution >= 0.6 is 35.0 Å². The van der Waals surface area contributed by atoms with Gasteiger partial charge in [-0.05, 0) is 49.9 Å². The summed E-state index contributed by atoms with van der Waals surface area (Å²) < 4.78 is 26.2. The molecule has 0 aromatic heterocycles. The first-order valence-corrected chi connectivity index (χ1v) is 10.4. The van der Waals surface area contributed by atoms with Crippen LogP contribution in [0, 0.1) is 6.92 Å². The molecule has 2 aromatic rings. The van der Waals surface area contributed by atoms with Gasteiger partial charge in [0.05, 0.1) is 15.7 Å². The van der Waals surface area contributed by atoms with Crippen LogP contribution in [0.1, 0.15) is 5.56 Å². The molecule has 0 aliphatic rings. The first-order valence-electron chi connectivity index (χ1n) is 7.15. The van der Waals surface area contributed by atoms with E-state index in [1.54, 1.807) is 37.3 Å². The lowest BCUT2D eigenvalue weighted by molar-refractivity contribution is -0.113. The van der Waals surface area contributed by atoms with Crippen LogP contribution in [0.4, 0.5) is 5.69 Å². The largest absolute Gasteiger partial charge is 0.325 e. The van der Waals surface area contributed by atoms with Gasteiger partial charge >= 0.3 is 0 Å². The van der Waals surface area contributed by atoms with E-state index in [0.29, 0.717) is 26.2 Å². The van der Waals surface area contributed by atoms with Gasteiger partial charge in [-0.25, -0.2) is 13.1 Å². The Morgan fingerprint density at radius 3 is 2.56 bits per heavy atom. The zero-order valence-corrected chi connectivity index (χ0v) is 16.6. The Bertz CT molecular complexity index is 902. The lowest BCUT2D eigenvalue weighted by Gasteiger charge is -2.10. The van der Waals surface area contributed by atoms with E-state index in [4.69, 9.17) is 23.2 Å². The van der Waals surface area contributed by atoms with Crippen LogP contribution < -0.4 is 10.0 Å². The van der Waals surface area contributed by atoms with Crippen molar-refractivity contribution in [3.63, 3.8) is 0 Å². The molecule has 0 saturated carbocycles. The Kier molecular flexibility index (Phi) is 6.76. The summed E-state index contributed by atoms with van der Waals surface area (Å²) in [4.78, 5) is 12.9. The second-order valence-electron chi connectivity index (χ2n) is 5.10. The minimum Gasteiger partial charge on any atom is -0.325 e. The summed E-state index contributed by atoms with van der Waals surface area (Å²) in [5.41, 5.74) is 0.995. The highest BCUT2D eigenvalue weighted by Gasteiger charge is 2.16. The van der Waals surface area contributed by atoms with Crippen molar-refractivity contribution in [1.29, 1.82) is 0 Å². The number of amides is 1. The van der Waals surface area contributed by atoms with Crippen molar-refractivity contribution < 1.29 is 13.2 Å². The molecule has 0 aliphatic carbocycles. The van der Waals surface area contributed by atoms with Gasteiger partial charge in [-0.2, -0.15) is 0 Å². The SMILES string of the molecule is CNS(=O)(=O)c1cc(NC(=O)CSc2cc(Cl)ccc2Cl)ccc1C. The molecule has 134 valence electrons. The number of hydrogen-bond acceptors (Lipinski definition) is 4.